The summed E-state index contributed by atoms with van der Waals surface area (Å²) in [5.74, 6) is 0.623. The van der Waals surface area contributed by atoms with E-state index in [1.54, 1.807) is 0 Å². The third-order valence-electron chi connectivity index (χ3n) is 7.05. The number of hydrogen-bond donors (Lipinski definition) is 0. The Morgan fingerprint density at radius 1 is 1.11 bits per heavy atom. The maximum absolute atomic E-state index is 13.2. The van der Waals surface area contributed by atoms with E-state index < -0.39 is 25.2 Å². The van der Waals surface area contributed by atoms with Crippen molar-refractivity contribution >= 4 is 17.1 Å². The highest BCUT2D eigenvalue weighted by Gasteiger charge is 2.27. The van der Waals surface area contributed by atoms with Gasteiger partial charge in [-0.05, 0) is 56.2 Å². The van der Waals surface area contributed by atoms with Crippen LogP contribution < -0.4 is 4.74 Å². The Labute approximate surface area is 206 Å². The number of thiazole rings is 1. The number of ketones is 1. The molecule has 0 aromatic carbocycles. The molecule has 0 amide bonds. The van der Waals surface area contributed by atoms with Crippen molar-refractivity contribution in [2.24, 2.45) is 11.8 Å². The van der Waals surface area contributed by atoms with Gasteiger partial charge in [-0.25, -0.2) is 22.5 Å². The van der Waals surface area contributed by atoms with E-state index in [2.05, 4.69) is 14.9 Å². The smallest absolute Gasteiger partial charge is 0.281 e. The van der Waals surface area contributed by atoms with E-state index in [-0.39, 0.29) is 17.3 Å². The number of carbonyl (C=O) groups excluding carboxylic acids is 1. The summed E-state index contributed by atoms with van der Waals surface area (Å²) in [6.07, 6.45) is 3.13. The molecule has 3 heterocycles. The summed E-state index contributed by atoms with van der Waals surface area (Å²) in [5.41, 5.74) is 0.613. The van der Waals surface area contributed by atoms with Crippen LogP contribution in [0.2, 0.25) is 0 Å². The van der Waals surface area contributed by atoms with Crippen LogP contribution in [0, 0.1) is 11.8 Å². The van der Waals surface area contributed by atoms with E-state index >= 15 is 0 Å². The van der Waals surface area contributed by atoms with Gasteiger partial charge in [0.1, 0.15) is 5.69 Å². The number of rotatable bonds is 10. The van der Waals surface area contributed by atoms with E-state index in [9.17, 15) is 22.4 Å². The molecule has 0 saturated heterocycles. The Morgan fingerprint density at radius 3 is 2.60 bits per heavy atom. The summed E-state index contributed by atoms with van der Waals surface area (Å²) in [5, 5.41) is 0.341. The molecule has 0 unspecified atom stereocenters. The molecule has 2 aliphatic rings. The minimum absolute atomic E-state index is 0.0569. The monoisotopic (exact) mass is 513 g/mol. The number of halogens is 4. The number of hydrogen-bond acceptors (Lipinski definition) is 6. The van der Waals surface area contributed by atoms with E-state index in [0.717, 1.165) is 75.2 Å². The first kappa shape index (κ1) is 26.0. The molecule has 0 spiro atoms. The van der Waals surface area contributed by atoms with Gasteiger partial charge in [-0.15, -0.1) is 0 Å². The molecule has 2 aromatic heterocycles. The summed E-state index contributed by atoms with van der Waals surface area (Å²) in [6.45, 7) is 2.21. The number of carbonyl (C=O) groups is 1. The second-order valence-corrected chi connectivity index (χ2v) is 10.5. The number of fused-ring (bicyclic) bond motifs is 1. The highest BCUT2D eigenvalue weighted by Crippen LogP contribution is 2.35. The fourth-order valence-electron chi connectivity index (χ4n) is 5.09. The molecule has 0 radical (unpaired) electrons. The van der Waals surface area contributed by atoms with Crippen molar-refractivity contribution in [2.45, 2.75) is 64.2 Å². The lowest BCUT2D eigenvalue weighted by Gasteiger charge is -2.30. The van der Waals surface area contributed by atoms with E-state index in [1.165, 1.54) is 29.7 Å². The lowest BCUT2D eigenvalue weighted by atomic mass is 9.78. The molecule has 1 aliphatic carbocycles. The molecule has 2 aromatic rings. The molecule has 0 atom stereocenters. The van der Waals surface area contributed by atoms with Crippen LogP contribution in [0.1, 0.15) is 71.6 Å². The third kappa shape index (κ3) is 7.22. The summed E-state index contributed by atoms with van der Waals surface area (Å²) >= 11 is 1.38. The van der Waals surface area contributed by atoms with Gasteiger partial charge in [-0.1, -0.05) is 24.2 Å². The lowest BCUT2D eigenvalue weighted by Crippen LogP contribution is -2.30. The molecule has 1 fully saturated rings. The zero-order chi connectivity index (χ0) is 24.8. The average Bonchev–Trinajstić information content (AvgIpc) is 3.15. The molecule has 10 heteroatoms. The van der Waals surface area contributed by atoms with Crippen LogP contribution in [-0.2, 0) is 12.8 Å². The van der Waals surface area contributed by atoms with Crippen molar-refractivity contribution in [3.05, 3.63) is 40.2 Å². The molecule has 0 N–H and O–H groups in total. The molecule has 1 aliphatic heterocycles. The molecule has 35 heavy (non-hydrogen) atoms. The Morgan fingerprint density at radius 2 is 1.86 bits per heavy atom. The van der Waals surface area contributed by atoms with E-state index in [0.29, 0.717) is 17.5 Å². The zero-order valence-corrected chi connectivity index (χ0v) is 20.4. The second-order valence-electron chi connectivity index (χ2n) is 9.43. The lowest BCUT2D eigenvalue weighted by molar-refractivity contribution is 0.0816. The van der Waals surface area contributed by atoms with Gasteiger partial charge < -0.3 is 9.64 Å². The SMILES string of the molecule is O=C(CC1CCC(CCN2CCc3nc(OCC(F)F)sc3CC2)CC1)c1cccnc1C(F)F. The van der Waals surface area contributed by atoms with Crippen LogP contribution in [0.4, 0.5) is 17.6 Å². The van der Waals surface area contributed by atoms with Crippen molar-refractivity contribution in [1.82, 2.24) is 14.9 Å². The second kappa shape index (κ2) is 12.3. The summed E-state index contributed by atoms with van der Waals surface area (Å²) in [4.78, 5) is 24.3. The molecular formula is C25H31F4N3O2S. The van der Waals surface area contributed by atoms with Gasteiger partial charge in [0.15, 0.2) is 12.4 Å². The summed E-state index contributed by atoms with van der Waals surface area (Å²) in [6, 6.07) is 2.99. The van der Waals surface area contributed by atoms with Crippen LogP contribution in [-0.4, -0.2) is 53.3 Å². The standard InChI is InChI=1S/C25H31F4N3O2S/c26-22(27)15-34-25-31-19-8-12-32(13-9-21(19)35-25)11-7-16-3-5-17(6-4-16)14-20(33)18-2-1-10-30-23(18)24(28)29/h1-2,10,16-17,22,24H,3-9,11-15H2. The van der Waals surface area contributed by atoms with Crippen molar-refractivity contribution in [3.8, 4) is 5.19 Å². The van der Waals surface area contributed by atoms with E-state index in [4.69, 9.17) is 4.74 Å². The van der Waals surface area contributed by atoms with Gasteiger partial charge in [0, 0.05) is 42.6 Å². The number of Topliss-reactive ketones (excluding diaryl/α,β-unsaturated/α-hetero) is 1. The number of ether oxygens (including phenoxy) is 1. The fraction of sp³-hybridized carbons (Fsp3) is 0.640. The molecule has 4 rings (SSSR count). The van der Waals surface area contributed by atoms with E-state index in [1.807, 2.05) is 0 Å². The van der Waals surface area contributed by atoms with Crippen molar-refractivity contribution < 1.29 is 27.1 Å². The average molecular weight is 514 g/mol. The predicted molar refractivity (Wildman–Crippen MR) is 126 cm³/mol. The minimum atomic E-state index is -2.74. The van der Waals surface area contributed by atoms with Crippen molar-refractivity contribution in [3.63, 3.8) is 0 Å². The first-order valence-corrected chi connectivity index (χ1v) is 13.1. The molecule has 192 valence electrons. The number of alkyl halides is 4. The first-order valence-electron chi connectivity index (χ1n) is 12.3. The maximum Gasteiger partial charge on any atom is 0.281 e. The van der Waals surface area contributed by atoms with Gasteiger partial charge in [0.25, 0.3) is 18.0 Å². The highest BCUT2D eigenvalue weighted by atomic mass is 32.1. The molecule has 0 bridgehead atoms. The topological polar surface area (TPSA) is 55.3 Å². The van der Waals surface area contributed by atoms with Gasteiger partial charge in [-0.3, -0.25) is 9.78 Å². The van der Waals surface area contributed by atoms with Crippen molar-refractivity contribution in [2.75, 3.05) is 26.2 Å². The maximum atomic E-state index is 13.2. The van der Waals surface area contributed by atoms with Crippen LogP contribution in [0.25, 0.3) is 0 Å². The Hall–Kier alpha value is -2.07. The van der Waals surface area contributed by atoms with Crippen LogP contribution in [0.15, 0.2) is 18.3 Å². The van der Waals surface area contributed by atoms with Gasteiger partial charge >= 0.3 is 0 Å². The number of nitrogens with zero attached hydrogens (tertiary/aromatic N) is 3. The summed E-state index contributed by atoms with van der Waals surface area (Å²) in [7, 11) is 0. The number of pyridine rings is 1. The highest BCUT2D eigenvalue weighted by molar-refractivity contribution is 7.13. The molecule has 5 nitrogen and oxygen atoms in total. The fourth-order valence-corrected chi connectivity index (χ4v) is 6.05. The predicted octanol–water partition coefficient (Wildman–Crippen LogP) is 5.99. The Kier molecular flexibility index (Phi) is 9.10. The van der Waals surface area contributed by atoms with Crippen molar-refractivity contribution in [1.29, 1.82) is 0 Å². The van der Waals surface area contributed by atoms with Gasteiger partial charge in [0.2, 0.25) is 0 Å². The third-order valence-corrected chi connectivity index (χ3v) is 8.12. The summed E-state index contributed by atoms with van der Waals surface area (Å²) < 4.78 is 56.1. The first-order chi connectivity index (χ1) is 16.9. The van der Waals surface area contributed by atoms with Crippen LogP contribution in [0.5, 0.6) is 5.19 Å². The van der Waals surface area contributed by atoms with Crippen LogP contribution in [0.3, 0.4) is 0 Å². The normalized spacial score (nSPS) is 21.2. The number of aromatic nitrogens is 2. The Bertz CT molecular complexity index is 954. The largest absolute Gasteiger partial charge is 0.464 e. The van der Waals surface area contributed by atoms with Gasteiger partial charge in [0.05, 0.1) is 5.69 Å². The minimum Gasteiger partial charge on any atom is -0.464 e. The zero-order valence-electron chi connectivity index (χ0n) is 19.6. The molecular weight excluding hydrogens is 482 g/mol. The quantitative estimate of drug-likeness (QED) is 0.289. The van der Waals surface area contributed by atoms with Crippen LogP contribution >= 0.6 is 11.3 Å². The molecule has 1 saturated carbocycles. The van der Waals surface area contributed by atoms with Gasteiger partial charge in [-0.2, -0.15) is 0 Å². The Balaban J connectivity index is 1.17.